The summed E-state index contributed by atoms with van der Waals surface area (Å²) < 4.78 is 0. The lowest BCUT2D eigenvalue weighted by Crippen LogP contribution is -2.46. The van der Waals surface area contributed by atoms with E-state index in [0.717, 1.165) is 44.1 Å². The van der Waals surface area contributed by atoms with E-state index in [1.807, 2.05) is 6.07 Å². The Kier molecular flexibility index (Phi) is 4.87. The van der Waals surface area contributed by atoms with Crippen LogP contribution < -0.4 is 15.5 Å². The Bertz CT molecular complexity index is 891. The molecule has 3 heterocycles. The number of hydrogen-bond acceptors (Lipinski definition) is 6. The number of hydrogen-bond donors (Lipinski definition) is 3. The molecule has 0 bridgehead atoms. The first kappa shape index (κ1) is 18.2. The van der Waals surface area contributed by atoms with Gasteiger partial charge in [-0.1, -0.05) is 31.2 Å². The lowest BCUT2D eigenvalue weighted by Gasteiger charge is -2.34. The van der Waals surface area contributed by atoms with Crippen molar-refractivity contribution in [3.8, 4) is 17.0 Å². The first-order valence-corrected chi connectivity index (χ1v) is 9.44. The highest BCUT2D eigenvalue weighted by Gasteiger charge is 2.30. The van der Waals surface area contributed by atoms with Gasteiger partial charge in [-0.2, -0.15) is 0 Å². The minimum absolute atomic E-state index is 0.107. The Hall–Kier alpha value is -3.13. The number of nitrogens with zero attached hydrogens (tertiary/aromatic N) is 3. The standard InChI is InChI=1S/C20H23N5O3/c1-2-24-9-11-25(12-10-24)16-8-7-15(26)17(21-16)13-3-5-14(6-4-13)18-19(27)23-20(28)22-18/h3-8,18,26H,2,9-12H2,1H3,(H2,22,23,27,28). The number of aromatic nitrogens is 1. The number of imide groups is 1. The van der Waals surface area contributed by atoms with Gasteiger partial charge in [0.2, 0.25) is 0 Å². The highest BCUT2D eigenvalue weighted by molar-refractivity contribution is 6.04. The summed E-state index contributed by atoms with van der Waals surface area (Å²) in [4.78, 5) is 32.4. The molecule has 3 amide bonds. The third kappa shape index (κ3) is 3.50. The molecule has 3 N–H and O–H groups in total. The van der Waals surface area contributed by atoms with Crippen LogP contribution in [0.5, 0.6) is 5.75 Å². The SMILES string of the molecule is CCN1CCN(c2ccc(O)c(-c3ccc(C4NC(=O)NC4=O)cc3)n2)CC1. The number of piperazine rings is 1. The molecule has 0 radical (unpaired) electrons. The van der Waals surface area contributed by atoms with Crippen molar-refractivity contribution < 1.29 is 14.7 Å². The number of aromatic hydroxyl groups is 1. The van der Waals surface area contributed by atoms with Gasteiger partial charge in [-0.15, -0.1) is 0 Å². The molecule has 4 rings (SSSR count). The molecule has 2 aliphatic rings. The van der Waals surface area contributed by atoms with Gasteiger partial charge in [0, 0.05) is 31.7 Å². The normalized spacial score (nSPS) is 20.2. The monoisotopic (exact) mass is 381 g/mol. The van der Waals surface area contributed by atoms with Gasteiger partial charge in [0.15, 0.2) is 0 Å². The number of pyridine rings is 1. The molecule has 0 aliphatic carbocycles. The maximum atomic E-state index is 11.8. The summed E-state index contributed by atoms with van der Waals surface area (Å²) in [5.41, 5.74) is 1.93. The molecule has 0 saturated carbocycles. The van der Waals surface area contributed by atoms with Crippen LogP contribution in [-0.2, 0) is 4.79 Å². The van der Waals surface area contributed by atoms with Crippen molar-refractivity contribution in [3.05, 3.63) is 42.0 Å². The molecule has 2 saturated heterocycles. The van der Waals surface area contributed by atoms with Crippen molar-refractivity contribution in [1.82, 2.24) is 20.5 Å². The molecule has 8 heteroatoms. The number of carbonyl (C=O) groups excluding carboxylic acids is 2. The molecule has 2 fully saturated rings. The second kappa shape index (κ2) is 7.47. The smallest absolute Gasteiger partial charge is 0.322 e. The number of likely N-dealkylation sites (N-methyl/N-ethyl adjacent to an activating group) is 1. The molecule has 8 nitrogen and oxygen atoms in total. The minimum atomic E-state index is -0.690. The molecule has 1 aromatic heterocycles. The van der Waals surface area contributed by atoms with Crippen LogP contribution in [0.3, 0.4) is 0 Å². The predicted molar refractivity (Wildman–Crippen MR) is 105 cm³/mol. The van der Waals surface area contributed by atoms with E-state index < -0.39 is 12.1 Å². The largest absolute Gasteiger partial charge is 0.506 e. The summed E-state index contributed by atoms with van der Waals surface area (Å²) in [5.74, 6) is 0.581. The van der Waals surface area contributed by atoms with Crippen LogP contribution in [0.4, 0.5) is 10.6 Å². The molecule has 1 aromatic carbocycles. The van der Waals surface area contributed by atoms with Crippen molar-refractivity contribution in [3.63, 3.8) is 0 Å². The number of urea groups is 1. The van der Waals surface area contributed by atoms with E-state index in [2.05, 4.69) is 32.3 Å². The summed E-state index contributed by atoms with van der Waals surface area (Å²) in [6.07, 6.45) is 0. The van der Waals surface area contributed by atoms with E-state index in [0.29, 0.717) is 11.3 Å². The van der Waals surface area contributed by atoms with Crippen LogP contribution in [-0.4, -0.2) is 59.7 Å². The van der Waals surface area contributed by atoms with Crippen molar-refractivity contribution >= 4 is 17.8 Å². The Labute approximate surface area is 163 Å². The van der Waals surface area contributed by atoms with Crippen molar-refractivity contribution in [2.45, 2.75) is 13.0 Å². The molecule has 28 heavy (non-hydrogen) atoms. The zero-order valence-corrected chi connectivity index (χ0v) is 15.7. The second-order valence-electron chi connectivity index (χ2n) is 6.98. The minimum Gasteiger partial charge on any atom is -0.506 e. The third-order valence-electron chi connectivity index (χ3n) is 5.29. The molecular weight excluding hydrogens is 358 g/mol. The first-order chi connectivity index (χ1) is 13.5. The van der Waals surface area contributed by atoms with Gasteiger partial charge in [0.1, 0.15) is 23.3 Å². The van der Waals surface area contributed by atoms with Crippen molar-refractivity contribution in [1.29, 1.82) is 0 Å². The number of amides is 3. The Morgan fingerprint density at radius 1 is 1.07 bits per heavy atom. The van der Waals surface area contributed by atoms with Gasteiger partial charge >= 0.3 is 6.03 Å². The van der Waals surface area contributed by atoms with Gasteiger partial charge in [0.25, 0.3) is 5.91 Å². The zero-order chi connectivity index (χ0) is 19.7. The van der Waals surface area contributed by atoms with Crippen LogP contribution >= 0.6 is 0 Å². The average Bonchev–Trinajstić information content (AvgIpc) is 3.06. The Morgan fingerprint density at radius 2 is 1.79 bits per heavy atom. The Balaban J connectivity index is 1.55. The molecule has 0 spiro atoms. The maximum absolute atomic E-state index is 11.8. The summed E-state index contributed by atoms with van der Waals surface area (Å²) >= 11 is 0. The number of rotatable bonds is 4. The van der Waals surface area contributed by atoms with Crippen LogP contribution in [0.1, 0.15) is 18.5 Å². The fourth-order valence-corrected chi connectivity index (χ4v) is 3.61. The predicted octanol–water partition coefficient (Wildman–Crippen LogP) is 1.48. The summed E-state index contributed by atoms with van der Waals surface area (Å²) in [6.45, 7) is 7.02. The highest BCUT2D eigenvalue weighted by atomic mass is 16.3. The van der Waals surface area contributed by atoms with E-state index in [1.54, 1.807) is 30.3 Å². The highest BCUT2D eigenvalue weighted by Crippen LogP contribution is 2.31. The van der Waals surface area contributed by atoms with E-state index in [-0.39, 0.29) is 11.7 Å². The van der Waals surface area contributed by atoms with Gasteiger partial charge in [-0.25, -0.2) is 9.78 Å². The number of anilines is 1. The molecule has 1 atom stereocenters. The second-order valence-corrected chi connectivity index (χ2v) is 6.98. The molecule has 2 aliphatic heterocycles. The van der Waals surface area contributed by atoms with Crippen LogP contribution in [0.15, 0.2) is 36.4 Å². The van der Waals surface area contributed by atoms with E-state index in [4.69, 9.17) is 0 Å². The average molecular weight is 381 g/mol. The van der Waals surface area contributed by atoms with E-state index in [9.17, 15) is 14.7 Å². The van der Waals surface area contributed by atoms with Gasteiger partial charge in [-0.05, 0) is 24.2 Å². The number of carbonyl (C=O) groups is 2. The lowest BCUT2D eigenvalue weighted by atomic mass is 10.0. The topological polar surface area (TPSA) is 97.8 Å². The van der Waals surface area contributed by atoms with Crippen molar-refractivity contribution in [2.24, 2.45) is 0 Å². The fraction of sp³-hybridized carbons (Fsp3) is 0.350. The molecule has 2 aromatic rings. The number of benzene rings is 1. The van der Waals surface area contributed by atoms with Crippen LogP contribution in [0.25, 0.3) is 11.3 Å². The van der Waals surface area contributed by atoms with E-state index >= 15 is 0 Å². The van der Waals surface area contributed by atoms with E-state index in [1.165, 1.54) is 0 Å². The Morgan fingerprint density at radius 3 is 2.39 bits per heavy atom. The van der Waals surface area contributed by atoms with Crippen LogP contribution in [0, 0.1) is 0 Å². The zero-order valence-electron chi connectivity index (χ0n) is 15.7. The first-order valence-electron chi connectivity index (χ1n) is 9.44. The summed E-state index contributed by atoms with van der Waals surface area (Å²) in [6, 6.07) is 9.45. The van der Waals surface area contributed by atoms with Crippen molar-refractivity contribution in [2.75, 3.05) is 37.6 Å². The lowest BCUT2D eigenvalue weighted by molar-refractivity contribution is -0.120. The van der Waals surface area contributed by atoms with Gasteiger partial charge in [0.05, 0.1) is 0 Å². The molecule has 1 unspecified atom stereocenters. The molecular formula is C20H23N5O3. The fourth-order valence-electron chi connectivity index (χ4n) is 3.61. The summed E-state index contributed by atoms with van der Waals surface area (Å²) in [5, 5.41) is 15.1. The maximum Gasteiger partial charge on any atom is 0.322 e. The third-order valence-corrected chi connectivity index (χ3v) is 5.29. The van der Waals surface area contributed by atoms with Gasteiger partial charge in [-0.3, -0.25) is 10.1 Å². The summed E-state index contributed by atoms with van der Waals surface area (Å²) in [7, 11) is 0. The van der Waals surface area contributed by atoms with Gasteiger partial charge < -0.3 is 20.2 Å². The quantitative estimate of drug-likeness (QED) is 0.694. The van der Waals surface area contributed by atoms with Crippen LogP contribution in [0.2, 0.25) is 0 Å². The molecule has 146 valence electrons. The number of nitrogens with one attached hydrogen (secondary N) is 2.